The average Bonchev–Trinajstić information content (AvgIpc) is 2.73. The van der Waals surface area contributed by atoms with Gasteiger partial charge in [-0.2, -0.15) is 5.10 Å². The van der Waals surface area contributed by atoms with Crippen molar-refractivity contribution in [1.29, 1.82) is 0 Å². The van der Waals surface area contributed by atoms with Crippen molar-refractivity contribution in [1.82, 2.24) is 9.78 Å². The summed E-state index contributed by atoms with van der Waals surface area (Å²) in [5.74, 6) is 1.02. The highest BCUT2D eigenvalue weighted by molar-refractivity contribution is 5.47. The number of anilines is 1. The molecule has 0 fully saturated rings. The maximum atomic E-state index is 4.71. The van der Waals surface area contributed by atoms with Gasteiger partial charge < -0.3 is 5.32 Å². The van der Waals surface area contributed by atoms with Crippen LogP contribution in [0, 0.1) is 6.92 Å². The van der Waals surface area contributed by atoms with E-state index in [4.69, 9.17) is 5.10 Å². The summed E-state index contributed by atoms with van der Waals surface area (Å²) in [6.45, 7) is 8.61. The molecule has 0 aliphatic heterocycles. The molecule has 0 amide bonds. The molecular weight excluding hydrogens is 222 g/mol. The number of hydrogen-bond donors (Lipinski definition) is 1. The van der Waals surface area contributed by atoms with Crippen LogP contribution >= 0.6 is 0 Å². The van der Waals surface area contributed by atoms with Crippen molar-refractivity contribution in [3.8, 4) is 5.69 Å². The lowest BCUT2D eigenvalue weighted by atomic mass is 9.92. The number of aromatic nitrogens is 2. The average molecular weight is 243 g/mol. The quantitative estimate of drug-likeness (QED) is 0.874. The van der Waals surface area contributed by atoms with Gasteiger partial charge in [-0.05, 0) is 19.1 Å². The second kappa shape index (κ2) is 4.48. The molecule has 0 radical (unpaired) electrons. The highest BCUT2D eigenvalue weighted by Gasteiger charge is 2.19. The minimum Gasteiger partial charge on any atom is -0.373 e. The van der Waals surface area contributed by atoms with E-state index in [9.17, 15) is 0 Å². The van der Waals surface area contributed by atoms with E-state index < -0.39 is 0 Å². The fourth-order valence-electron chi connectivity index (χ4n) is 1.81. The Morgan fingerprint density at radius 3 is 2.22 bits per heavy atom. The number of aryl methyl sites for hydroxylation is 1. The van der Waals surface area contributed by atoms with Crippen LogP contribution in [0.4, 0.5) is 5.82 Å². The molecule has 3 heteroatoms. The van der Waals surface area contributed by atoms with Crippen LogP contribution in [0.5, 0.6) is 0 Å². The van der Waals surface area contributed by atoms with Crippen LogP contribution in [0.1, 0.15) is 32.0 Å². The Morgan fingerprint density at radius 2 is 1.72 bits per heavy atom. The molecule has 0 aliphatic carbocycles. The number of nitrogens with zero attached hydrogens (tertiary/aromatic N) is 2. The lowest BCUT2D eigenvalue weighted by Crippen LogP contribution is -2.12. The molecule has 2 rings (SSSR count). The molecule has 1 heterocycles. The third kappa shape index (κ3) is 2.40. The third-order valence-corrected chi connectivity index (χ3v) is 3.01. The standard InChI is InChI=1S/C15H21N3/c1-11-6-8-12(9-7-11)18-14(16-5)10-13(17-18)15(2,3)4/h6-10,16H,1-5H3. The Hall–Kier alpha value is -1.77. The van der Waals surface area contributed by atoms with Crippen molar-refractivity contribution in [3.05, 3.63) is 41.6 Å². The second-order valence-electron chi connectivity index (χ2n) is 5.66. The van der Waals surface area contributed by atoms with E-state index in [1.54, 1.807) is 0 Å². The summed E-state index contributed by atoms with van der Waals surface area (Å²) >= 11 is 0. The molecule has 0 spiro atoms. The highest BCUT2D eigenvalue weighted by Crippen LogP contribution is 2.25. The summed E-state index contributed by atoms with van der Waals surface area (Å²) in [7, 11) is 1.92. The minimum atomic E-state index is 0.0571. The van der Waals surface area contributed by atoms with Crippen LogP contribution < -0.4 is 5.32 Å². The smallest absolute Gasteiger partial charge is 0.129 e. The summed E-state index contributed by atoms with van der Waals surface area (Å²) < 4.78 is 1.96. The monoisotopic (exact) mass is 243 g/mol. The molecule has 0 unspecified atom stereocenters. The van der Waals surface area contributed by atoms with E-state index >= 15 is 0 Å². The third-order valence-electron chi connectivity index (χ3n) is 3.01. The molecule has 0 saturated heterocycles. The van der Waals surface area contributed by atoms with E-state index in [0.717, 1.165) is 17.2 Å². The van der Waals surface area contributed by atoms with Crippen LogP contribution in [0.3, 0.4) is 0 Å². The molecule has 2 aromatic rings. The molecule has 1 aromatic carbocycles. The van der Waals surface area contributed by atoms with Gasteiger partial charge in [0.2, 0.25) is 0 Å². The Kier molecular flexibility index (Phi) is 3.16. The highest BCUT2D eigenvalue weighted by atomic mass is 15.3. The van der Waals surface area contributed by atoms with Gasteiger partial charge in [-0.15, -0.1) is 0 Å². The largest absolute Gasteiger partial charge is 0.373 e. The summed E-state index contributed by atoms with van der Waals surface area (Å²) in [5.41, 5.74) is 3.49. The van der Waals surface area contributed by atoms with Crippen molar-refractivity contribution < 1.29 is 0 Å². The molecule has 18 heavy (non-hydrogen) atoms. The van der Waals surface area contributed by atoms with Gasteiger partial charge in [-0.1, -0.05) is 38.5 Å². The zero-order valence-corrected chi connectivity index (χ0v) is 11.8. The number of nitrogens with one attached hydrogen (secondary N) is 1. The molecule has 0 atom stereocenters. The second-order valence-corrected chi connectivity index (χ2v) is 5.66. The number of hydrogen-bond acceptors (Lipinski definition) is 2. The predicted octanol–water partition coefficient (Wildman–Crippen LogP) is 3.52. The van der Waals surface area contributed by atoms with Crippen molar-refractivity contribution in [2.75, 3.05) is 12.4 Å². The predicted molar refractivity (Wildman–Crippen MR) is 76.5 cm³/mol. The van der Waals surface area contributed by atoms with Crippen molar-refractivity contribution >= 4 is 5.82 Å². The summed E-state index contributed by atoms with van der Waals surface area (Å²) in [6.07, 6.45) is 0. The first-order valence-electron chi connectivity index (χ1n) is 6.27. The number of benzene rings is 1. The van der Waals surface area contributed by atoms with Gasteiger partial charge in [-0.25, -0.2) is 4.68 Å². The first-order chi connectivity index (χ1) is 8.41. The summed E-state index contributed by atoms with van der Waals surface area (Å²) in [5, 5.41) is 7.91. The van der Waals surface area contributed by atoms with Crippen LogP contribution in [-0.4, -0.2) is 16.8 Å². The Bertz CT molecular complexity index is 530. The summed E-state index contributed by atoms with van der Waals surface area (Å²) in [4.78, 5) is 0. The molecular formula is C15H21N3. The molecule has 96 valence electrons. The van der Waals surface area contributed by atoms with Gasteiger partial charge in [-0.3, -0.25) is 0 Å². The molecule has 0 saturated carbocycles. The van der Waals surface area contributed by atoms with Gasteiger partial charge in [0, 0.05) is 18.5 Å². The topological polar surface area (TPSA) is 29.9 Å². The SMILES string of the molecule is CNc1cc(C(C)(C)C)nn1-c1ccc(C)cc1. The van der Waals surface area contributed by atoms with Crippen LogP contribution in [0.2, 0.25) is 0 Å². The molecule has 0 aliphatic rings. The van der Waals surface area contributed by atoms with Gasteiger partial charge in [0.05, 0.1) is 11.4 Å². The van der Waals surface area contributed by atoms with Crippen molar-refractivity contribution in [2.45, 2.75) is 33.1 Å². The van der Waals surface area contributed by atoms with E-state index in [2.05, 4.69) is 63.3 Å². The molecule has 3 nitrogen and oxygen atoms in total. The van der Waals surface area contributed by atoms with Crippen LogP contribution in [0.25, 0.3) is 5.69 Å². The van der Waals surface area contributed by atoms with Crippen LogP contribution in [0.15, 0.2) is 30.3 Å². The maximum absolute atomic E-state index is 4.71. The first kappa shape index (κ1) is 12.7. The minimum absolute atomic E-state index is 0.0571. The fraction of sp³-hybridized carbons (Fsp3) is 0.400. The lowest BCUT2D eigenvalue weighted by molar-refractivity contribution is 0.560. The van der Waals surface area contributed by atoms with Gasteiger partial charge >= 0.3 is 0 Å². The Morgan fingerprint density at radius 1 is 1.11 bits per heavy atom. The van der Waals surface area contributed by atoms with E-state index in [1.165, 1.54) is 5.56 Å². The van der Waals surface area contributed by atoms with E-state index in [1.807, 2.05) is 11.7 Å². The normalized spacial score (nSPS) is 11.6. The first-order valence-corrected chi connectivity index (χ1v) is 6.27. The van der Waals surface area contributed by atoms with E-state index in [-0.39, 0.29) is 5.41 Å². The van der Waals surface area contributed by atoms with Crippen LogP contribution in [-0.2, 0) is 5.41 Å². The van der Waals surface area contributed by atoms with Crippen molar-refractivity contribution in [2.24, 2.45) is 0 Å². The Labute approximate surface area is 109 Å². The van der Waals surface area contributed by atoms with Gasteiger partial charge in [0.15, 0.2) is 0 Å². The Balaban J connectivity index is 2.50. The maximum Gasteiger partial charge on any atom is 0.129 e. The molecule has 1 aromatic heterocycles. The molecule has 0 bridgehead atoms. The van der Waals surface area contributed by atoms with Gasteiger partial charge in [0.1, 0.15) is 5.82 Å². The molecule has 1 N–H and O–H groups in total. The number of rotatable bonds is 2. The van der Waals surface area contributed by atoms with Gasteiger partial charge in [0.25, 0.3) is 0 Å². The van der Waals surface area contributed by atoms with E-state index in [0.29, 0.717) is 0 Å². The fourth-order valence-corrected chi connectivity index (χ4v) is 1.81. The lowest BCUT2D eigenvalue weighted by Gasteiger charge is -2.14. The zero-order valence-electron chi connectivity index (χ0n) is 11.8. The zero-order chi connectivity index (χ0) is 13.3. The summed E-state index contributed by atoms with van der Waals surface area (Å²) in [6, 6.07) is 10.5. The van der Waals surface area contributed by atoms with Crippen molar-refractivity contribution in [3.63, 3.8) is 0 Å².